The lowest BCUT2D eigenvalue weighted by Crippen LogP contribution is -2.22. The van der Waals surface area contributed by atoms with Crippen LogP contribution < -0.4 is 17.0 Å². The molecule has 0 aliphatic heterocycles. The van der Waals surface area contributed by atoms with Gasteiger partial charge in [0.05, 0.1) is 5.70 Å². The maximum absolute atomic E-state index is 5.62. The molecule has 0 aliphatic carbocycles. The van der Waals surface area contributed by atoms with Gasteiger partial charge in [-0.3, -0.25) is 5.84 Å². The van der Waals surface area contributed by atoms with Crippen molar-refractivity contribution in [1.82, 2.24) is 5.43 Å². The predicted molar refractivity (Wildman–Crippen MR) is 50.5 cm³/mol. The molecule has 0 heterocycles. The lowest BCUT2D eigenvalue weighted by molar-refractivity contribution is 0.973. The number of allylic oxidation sites excluding steroid dienone is 1. The monoisotopic (exact) mass is 163 g/mol. The highest BCUT2D eigenvalue weighted by Gasteiger charge is 1.99. The smallest absolute Gasteiger partial charge is 0.0743 e. The van der Waals surface area contributed by atoms with Crippen molar-refractivity contribution in [2.45, 2.75) is 6.92 Å². The van der Waals surface area contributed by atoms with Crippen molar-refractivity contribution in [2.75, 3.05) is 0 Å². The minimum absolute atomic E-state index is 0.684. The van der Waals surface area contributed by atoms with Crippen LogP contribution in [0.4, 0.5) is 0 Å². The van der Waals surface area contributed by atoms with Crippen LogP contribution in [-0.2, 0) is 0 Å². The summed E-state index contributed by atoms with van der Waals surface area (Å²) < 4.78 is 0. The maximum Gasteiger partial charge on any atom is 0.0743 e. The van der Waals surface area contributed by atoms with Gasteiger partial charge in [-0.25, -0.2) is 0 Å². The van der Waals surface area contributed by atoms with Crippen LogP contribution in [0.3, 0.4) is 0 Å². The molecular formula is C9H13N3. The van der Waals surface area contributed by atoms with Gasteiger partial charge in [-0.05, 0) is 6.92 Å². The van der Waals surface area contributed by atoms with Crippen molar-refractivity contribution in [2.24, 2.45) is 11.6 Å². The van der Waals surface area contributed by atoms with Crippen LogP contribution in [0.25, 0.3) is 5.70 Å². The minimum Gasteiger partial charge on any atom is -0.401 e. The van der Waals surface area contributed by atoms with E-state index >= 15 is 0 Å². The molecule has 0 fully saturated rings. The Hall–Kier alpha value is -1.48. The maximum atomic E-state index is 5.62. The first-order valence-corrected chi connectivity index (χ1v) is 3.74. The second-order valence-electron chi connectivity index (χ2n) is 2.57. The summed E-state index contributed by atoms with van der Waals surface area (Å²) in [5.74, 6) is 5.32. The van der Waals surface area contributed by atoms with Gasteiger partial charge >= 0.3 is 0 Å². The van der Waals surface area contributed by atoms with E-state index in [1.54, 1.807) is 0 Å². The fourth-order valence-electron chi connectivity index (χ4n) is 1.03. The topological polar surface area (TPSA) is 64.1 Å². The fourth-order valence-corrected chi connectivity index (χ4v) is 1.03. The van der Waals surface area contributed by atoms with Gasteiger partial charge in [-0.1, -0.05) is 30.3 Å². The van der Waals surface area contributed by atoms with Crippen molar-refractivity contribution in [1.29, 1.82) is 0 Å². The Bertz CT molecular complexity index is 273. The van der Waals surface area contributed by atoms with Crippen LogP contribution in [0.15, 0.2) is 36.0 Å². The van der Waals surface area contributed by atoms with E-state index < -0.39 is 0 Å². The number of nitrogens with two attached hydrogens (primary N) is 2. The summed E-state index contributed by atoms with van der Waals surface area (Å²) in [5.41, 5.74) is 10.6. The molecule has 64 valence electrons. The van der Waals surface area contributed by atoms with E-state index in [1.165, 1.54) is 0 Å². The van der Waals surface area contributed by atoms with E-state index in [0.29, 0.717) is 5.70 Å². The lowest BCUT2D eigenvalue weighted by Gasteiger charge is -2.07. The Balaban J connectivity index is 3.05. The highest BCUT2D eigenvalue weighted by Crippen LogP contribution is 2.11. The number of nitrogens with one attached hydrogen (secondary N) is 1. The summed E-state index contributed by atoms with van der Waals surface area (Å²) in [6.45, 7) is 1.81. The SMILES string of the molecule is C/C(N)=C(/NN)c1ccccc1. The van der Waals surface area contributed by atoms with Crippen molar-refractivity contribution >= 4 is 5.70 Å². The predicted octanol–water partition coefficient (Wildman–Crippen LogP) is 0.797. The zero-order valence-corrected chi connectivity index (χ0v) is 7.04. The van der Waals surface area contributed by atoms with Crippen LogP contribution in [0.2, 0.25) is 0 Å². The molecule has 5 N–H and O–H groups in total. The van der Waals surface area contributed by atoms with Crippen LogP contribution in [0.1, 0.15) is 12.5 Å². The summed E-state index contributed by atoms with van der Waals surface area (Å²) in [5, 5.41) is 0. The second kappa shape index (κ2) is 3.78. The van der Waals surface area contributed by atoms with Crippen LogP contribution in [-0.4, -0.2) is 0 Å². The average molecular weight is 163 g/mol. The normalized spacial score (nSPS) is 12.2. The molecule has 3 heteroatoms. The highest BCUT2D eigenvalue weighted by atomic mass is 15.2. The Labute approximate surface area is 72.0 Å². The Morgan fingerprint density at radius 1 is 1.25 bits per heavy atom. The molecule has 0 unspecified atom stereocenters. The van der Waals surface area contributed by atoms with Gasteiger partial charge in [-0.15, -0.1) is 0 Å². The molecule has 3 nitrogen and oxygen atoms in total. The molecular weight excluding hydrogens is 150 g/mol. The van der Waals surface area contributed by atoms with Gasteiger partial charge in [0.1, 0.15) is 0 Å². The van der Waals surface area contributed by atoms with Crippen molar-refractivity contribution < 1.29 is 0 Å². The molecule has 0 atom stereocenters. The summed E-state index contributed by atoms with van der Waals surface area (Å²) >= 11 is 0. The van der Waals surface area contributed by atoms with Crippen LogP contribution in [0, 0.1) is 0 Å². The fraction of sp³-hybridized carbons (Fsp3) is 0.111. The third-order valence-corrected chi connectivity index (χ3v) is 1.60. The molecule has 0 amide bonds. The molecule has 0 spiro atoms. The van der Waals surface area contributed by atoms with Gasteiger partial charge < -0.3 is 11.2 Å². The summed E-state index contributed by atoms with van der Waals surface area (Å²) in [4.78, 5) is 0. The largest absolute Gasteiger partial charge is 0.401 e. The van der Waals surface area contributed by atoms with E-state index in [9.17, 15) is 0 Å². The Morgan fingerprint density at radius 3 is 2.25 bits per heavy atom. The number of hydrogen-bond donors (Lipinski definition) is 3. The second-order valence-corrected chi connectivity index (χ2v) is 2.57. The van der Waals surface area contributed by atoms with E-state index in [4.69, 9.17) is 11.6 Å². The quantitative estimate of drug-likeness (QED) is 0.446. The van der Waals surface area contributed by atoms with Gasteiger partial charge in [0.2, 0.25) is 0 Å². The van der Waals surface area contributed by atoms with Gasteiger partial charge in [0.25, 0.3) is 0 Å². The summed E-state index contributed by atoms with van der Waals surface area (Å²) in [6, 6.07) is 9.73. The van der Waals surface area contributed by atoms with E-state index in [-0.39, 0.29) is 0 Å². The lowest BCUT2D eigenvalue weighted by atomic mass is 10.1. The molecule has 0 saturated heterocycles. The molecule has 0 radical (unpaired) electrons. The molecule has 0 saturated carbocycles. The minimum atomic E-state index is 0.684. The molecule has 1 aromatic carbocycles. The van der Waals surface area contributed by atoms with Crippen molar-refractivity contribution in [3.05, 3.63) is 41.6 Å². The third kappa shape index (κ3) is 1.77. The molecule has 1 aromatic rings. The first kappa shape index (κ1) is 8.62. The molecule has 0 aliphatic rings. The molecule has 0 bridgehead atoms. The number of hydrazine groups is 1. The highest BCUT2D eigenvalue weighted by molar-refractivity contribution is 5.65. The van der Waals surface area contributed by atoms with Crippen LogP contribution >= 0.6 is 0 Å². The van der Waals surface area contributed by atoms with E-state index in [0.717, 1.165) is 11.3 Å². The molecule has 0 aromatic heterocycles. The zero-order chi connectivity index (χ0) is 8.97. The number of hydrogen-bond acceptors (Lipinski definition) is 3. The first-order valence-electron chi connectivity index (χ1n) is 3.74. The van der Waals surface area contributed by atoms with Gasteiger partial charge in [-0.2, -0.15) is 0 Å². The van der Waals surface area contributed by atoms with Crippen molar-refractivity contribution in [3.63, 3.8) is 0 Å². The van der Waals surface area contributed by atoms with Gasteiger partial charge in [0, 0.05) is 11.3 Å². The Morgan fingerprint density at radius 2 is 1.83 bits per heavy atom. The number of rotatable bonds is 2. The van der Waals surface area contributed by atoms with Gasteiger partial charge in [0.15, 0.2) is 0 Å². The van der Waals surface area contributed by atoms with Crippen LogP contribution in [0.5, 0.6) is 0 Å². The first-order chi connectivity index (χ1) is 5.75. The Kier molecular flexibility index (Phi) is 2.71. The standard InChI is InChI=1S/C9H13N3/c1-7(10)9(12-11)8-5-3-2-4-6-8/h2-6,12H,10-11H2,1H3/b9-7-. The zero-order valence-electron chi connectivity index (χ0n) is 7.04. The molecule has 12 heavy (non-hydrogen) atoms. The van der Waals surface area contributed by atoms with E-state index in [1.807, 2.05) is 37.3 Å². The third-order valence-electron chi connectivity index (χ3n) is 1.60. The van der Waals surface area contributed by atoms with Crippen molar-refractivity contribution in [3.8, 4) is 0 Å². The summed E-state index contributed by atoms with van der Waals surface area (Å²) in [6.07, 6.45) is 0. The number of benzene rings is 1. The van der Waals surface area contributed by atoms with E-state index in [2.05, 4.69) is 5.43 Å². The molecule has 1 rings (SSSR count). The summed E-state index contributed by atoms with van der Waals surface area (Å²) in [7, 11) is 0. The average Bonchev–Trinajstić information content (AvgIpc) is 2.07.